The third-order valence-corrected chi connectivity index (χ3v) is 5.30. The zero-order chi connectivity index (χ0) is 17.1. The van der Waals surface area contributed by atoms with Gasteiger partial charge in [-0.15, -0.1) is 11.3 Å². The van der Waals surface area contributed by atoms with Crippen molar-refractivity contribution in [3.63, 3.8) is 0 Å². The molecule has 0 atom stereocenters. The maximum absolute atomic E-state index is 10.8. The van der Waals surface area contributed by atoms with E-state index in [1.54, 1.807) is 0 Å². The lowest BCUT2D eigenvalue weighted by Crippen LogP contribution is -2.09. The summed E-state index contributed by atoms with van der Waals surface area (Å²) >= 11 is 1.89. The molecule has 0 aromatic carbocycles. The van der Waals surface area contributed by atoms with Crippen molar-refractivity contribution in [3.8, 4) is 0 Å². The Morgan fingerprint density at radius 1 is 0.913 bits per heavy atom. The van der Waals surface area contributed by atoms with Crippen molar-refractivity contribution in [2.45, 2.75) is 77.6 Å². The summed E-state index contributed by atoms with van der Waals surface area (Å²) in [6, 6.07) is 2.30. The molecule has 4 nitrogen and oxygen atoms in total. The van der Waals surface area contributed by atoms with E-state index < -0.39 is 0 Å². The minimum absolute atomic E-state index is 0.194. The second-order valence-corrected chi connectivity index (χ2v) is 7.29. The molecule has 1 aromatic heterocycles. The van der Waals surface area contributed by atoms with E-state index in [9.17, 15) is 9.59 Å². The van der Waals surface area contributed by atoms with Crippen LogP contribution in [0.4, 0.5) is 0 Å². The number of nitrogens with two attached hydrogens (primary N) is 2. The maximum atomic E-state index is 10.8. The lowest BCUT2D eigenvalue weighted by Gasteiger charge is -2.02. The molecule has 0 unspecified atom stereocenters. The molecule has 4 N–H and O–H groups in total. The third-order valence-electron chi connectivity index (χ3n) is 4.00. The first-order chi connectivity index (χ1) is 11.0. The molecule has 0 fully saturated rings. The van der Waals surface area contributed by atoms with Crippen LogP contribution in [-0.4, -0.2) is 11.8 Å². The van der Waals surface area contributed by atoms with Crippen LogP contribution >= 0.6 is 11.3 Å². The number of unbranched alkanes of at least 4 members (excludes halogenated alkanes) is 4. The fraction of sp³-hybridized carbons (Fsp3) is 0.667. The minimum atomic E-state index is -0.214. The minimum Gasteiger partial charge on any atom is -0.370 e. The van der Waals surface area contributed by atoms with Crippen LogP contribution in [0.5, 0.6) is 0 Å². The van der Waals surface area contributed by atoms with Gasteiger partial charge >= 0.3 is 0 Å². The van der Waals surface area contributed by atoms with Gasteiger partial charge in [-0.1, -0.05) is 26.2 Å². The highest BCUT2D eigenvalue weighted by Crippen LogP contribution is 2.26. The molecular formula is C18H30N2O2S. The highest BCUT2D eigenvalue weighted by Gasteiger charge is 2.08. The van der Waals surface area contributed by atoms with Crippen LogP contribution in [0.3, 0.4) is 0 Å². The fourth-order valence-electron chi connectivity index (χ4n) is 2.71. The van der Waals surface area contributed by atoms with E-state index in [0.717, 1.165) is 38.5 Å². The van der Waals surface area contributed by atoms with Crippen LogP contribution in [0.2, 0.25) is 0 Å². The van der Waals surface area contributed by atoms with Crippen molar-refractivity contribution in [1.29, 1.82) is 0 Å². The van der Waals surface area contributed by atoms with Crippen molar-refractivity contribution in [2.75, 3.05) is 0 Å². The van der Waals surface area contributed by atoms with Gasteiger partial charge in [-0.3, -0.25) is 9.59 Å². The van der Waals surface area contributed by atoms with Crippen LogP contribution in [0.15, 0.2) is 6.07 Å². The van der Waals surface area contributed by atoms with Gasteiger partial charge < -0.3 is 11.5 Å². The average molecular weight is 339 g/mol. The Bertz CT molecular complexity index is 497. The average Bonchev–Trinajstić information content (AvgIpc) is 2.88. The Labute approximate surface area is 143 Å². The smallest absolute Gasteiger partial charge is 0.217 e. The van der Waals surface area contributed by atoms with E-state index in [1.807, 2.05) is 11.3 Å². The summed E-state index contributed by atoms with van der Waals surface area (Å²) in [6.07, 6.45) is 10.6. The molecule has 0 saturated carbocycles. The Hall–Kier alpha value is -1.36. The van der Waals surface area contributed by atoms with Crippen molar-refractivity contribution in [3.05, 3.63) is 21.4 Å². The number of carbonyl (C=O) groups is 2. The Morgan fingerprint density at radius 3 is 2.17 bits per heavy atom. The largest absolute Gasteiger partial charge is 0.370 e. The Balaban J connectivity index is 2.28. The van der Waals surface area contributed by atoms with Gasteiger partial charge in [-0.05, 0) is 50.2 Å². The zero-order valence-corrected chi connectivity index (χ0v) is 15.1. The SMILES string of the molecule is CCc1cc(CCCC(N)=O)sc1CCCCCCCC(N)=O. The first kappa shape index (κ1) is 19.7. The molecule has 0 bridgehead atoms. The van der Waals surface area contributed by atoms with Crippen molar-refractivity contribution < 1.29 is 9.59 Å². The van der Waals surface area contributed by atoms with Crippen molar-refractivity contribution in [1.82, 2.24) is 0 Å². The topological polar surface area (TPSA) is 86.2 Å². The third kappa shape index (κ3) is 8.74. The van der Waals surface area contributed by atoms with Gasteiger partial charge in [0, 0.05) is 22.6 Å². The molecule has 5 heteroatoms. The van der Waals surface area contributed by atoms with Gasteiger partial charge in [-0.25, -0.2) is 0 Å². The molecule has 23 heavy (non-hydrogen) atoms. The molecule has 0 aliphatic carbocycles. The summed E-state index contributed by atoms with van der Waals surface area (Å²) in [5.41, 5.74) is 11.8. The summed E-state index contributed by atoms with van der Waals surface area (Å²) in [5, 5.41) is 0. The number of primary amides is 2. The number of thiophene rings is 1. The lowest BCUT2D eigenvalue weighted by atomic mass is 10.1. The number of amides is 2. The summed E-state index contributed by atoms with van der Waals surface area (Å²) in [5.74, 6) is -0.408. The molecule has 0 saturated heterocycles. The number of hydrogen-bond acceptors (Lipinski definition) is 3. The number of aryl methyl sites for hydroxylation is 3. The fourth-order valence-corrected chi connectivity index (χ4v) is 4.06. The summed E-state index contributed by atoms with van der Waals surface area (Å²) in [7, 11) is 0. The van der Waals surface area contributed by atoms with E-state index in [2.05, 4.69) is 13.0 Å². The Morgan fingerprint density at radius 2 is 1.52 bits per heavy atom. The number of hydrogen-bond donors (Lipinski definition) is 2. The molecular weight excluding hydrogens is 308 g/mol. The van der Waals surface area contributed by atoms with E-state index in [4.69, 9.17) is 11.5 Å². The number of carbonyl (C=O) groups excluding carboxylic acids is 2. The predicted molar refractivity (Wildman–Crippen MR) is 96.4 cm³/mol. The zero-order valence-electron chi connectivity index (χ0n) is 14.2. The monoisotopic (exact) mass is 338 g/mol. The quantitative estimate of drug-likeness (QED) is 0.539. The molecule has 0 spiro atoms. The predicted octanol–water partition coefficient (Wildman–Crippen LogP) is 3.49. The van der Waals surface area contributed by atoms with Gasteiger partial charge in [0.05, 0.1) is 0 Å². The lowest BCUT2D eigenvalue weighted by molar-refractivity contribution is -0.119. The highest BCUT2D eigenvalue weighted by atomic mass is 32.1. The highest BCUT2D eigenvalue weighted by molar-refractivity contribution is 7.12. The van der Waals surface area contributed by atoms with Crippen LogP contribution in [0.1, 0.15) is 73.6 Å². The van der Waals surface area contributed by atoms with E-state index in [-0.39, 0.29) is 11.8 Å². The normalized spacial score (nSPS) is 10.8. The van der Waals surface area contributed by atoms with Crippen molar-refractivity contribution >= 4 is 23.2 Å². The standard InChI is InChI=1S/C18H30N2O2S/c1-2-14-13-15(9-8-12-18(20)22)23-16(14)10-6-4-3-5-7-11-17(19)21/h13H,2-12H2,1H3,(H2,19,21)(H2,20,22). The molecule has 0 aliphatic rings. The molecule has 0 radical (unpaired) electrons. The van der Waals surface area contributed by atoms with Crippen LogP contribution in [0.25, 0.3) is 0 Å². The summed E-state index contributed by atoms with van der Waals surface area (Å²) < 4.78 is 0. The van der Waals surface area contributed by atoms with E-state index in [0.29, 0.717) is 12.8 Å². The van der Waals surface area contributed by atoms with Gasteiger partial charge in [-0.2, -0.15) is 0 Å². The molecule has 0 aliphatic heterocycles. The maximum Gasteiger partial charge on any atom is 0.217 e. The molecule has 1 rings (SSSR count). The first-order valence-electron chi connectivity index (χ1n) is 8.70. The van der Waals surface area contributed by atoms with E-state index in [1.165, 1.54) is 34.6 Å². The van der Waals surface area contributed by atoms with Gasteiger partial charge in [0.1, 0.15) is 0 Å². The van der Waals surface area contributed by atoms with Crippen LogP contribution < -0.4 is 11.5 Å². The number of rotatable bonds is 13. The Kier molecular flexibility index (Phi) is 9.60. The van der Waals surface area contributed by atoms with E-state index >= 15 is 0 Å². The second kappa shape index (κ2) is 11.2. The van der Waals surface area contributed by atoms with Gasteiger partial charge in [0.15, 0.2) is 0 Å². The first-order valence-corrected chi connectivity index (χ1v) is 9.51. The van der Waals surface area contributed by atoms with Crippen molar-refractivity contribution in [2.24, 2.45) is 11.5 Å². The molecule has 1 heterocycles. The van der Waals surface area contributed by atoms with Gasteiger partial charge in [0.25, 0.3) is 0 Å². The van der Waals surface area contributed by atoms with Crippen LogP contribution in [-0.2, 0) is 28.9 Å². The van der Waals surface area contributed by atoms with Gasteiger partial charge in [0.2, 0.25) is 11.8 Å². The summed E-state index contributed by atoms with van der Waals surface area (Å²) in [6.45, 7) is 2.20. The van der Waals surface area contributed by atoms with Crippen LogP contribution in [0, 0.1) is 0 Å². The molecule has 130 valence electrons. The summed E-state index contributed by atoms with van der Waals surface area (Å²) in [4.78, 5) is 24.3. The second-order valence-electron chi connectivity index (χ2n) is 6.07. The molecule has 2 amide bonds. The molecule has 1 aromatic rings.